The number of hydrogen-bond acceptors (Lipinski definition) is 3. The van der Waals surface area contributed by atoms with Gasteiger partial charge in [-0.2, -0.15) is 0 Å². The lowest BCUT2D eigenvalue weighted by Gasteiger charge is -2.07. The Hall–Kier alpha value is -1.77. The summed E-state index contributed by atoms with van der Waals surface area (Å²) in [6.45, 7) is 7.51. The van der Waals surface area contributed by atoms with Gasteiger partial charge >= 0.3 is 0 Å². The fourth-order valence-electron chi connectivity index (χ4n) is 1.34. The standard InChI is InChI=1S/C12H15NO2/c1-4-13-10-7-12(15)11(14)6-9(10)5-8(2)3/h4,6-7,14-15H,2,5H2,1,3H3. The molecule has 0 atom stereocenters. The summed E-state index contributed by atoms with van der Waals surface area (Å²) >= 11 is 0. The highest BCUT2D eigenvalue weighted by Crippen LogP contribution is 2.33. The van der Waals surface area contributed by atoms with Gasteiger partial charge in [-0.25, -0.2) is 0 Å². The second kappa shape index (κ2) is 4.64. The van der Waals surface area contributed by atoms with Crippen LogP contribution in [0, 0.1) is 0 Å². The molecule has 0 unspecified atom stereocenters. The lowest BCUT2D eigenvalue weighted by Crippen LogP contribution is -1.87. The van der Waals surface area contributed by atoms with E-state index in [2.05, 4.69) is 11.6 Å². The van der Waals surface area contributed by atoms with Crippen molar-refractivity contribution in [3.8, 4) is 11.5 Å². The second-order valence-corrected chi connectivity index (χ2v) is 3.49. The van der Waals surface area contributed by atoms with Crippen molar-refractivity contribution in [2.24, 2.45) is 4.99 Å². The van der Waals surface area contributed by atoms with Crippen LogP contribution in [0.25, 0.3) is 0 Å². The summed E-state index contributed by atoms with van der Waals surface area (Å²) < 4.78 is 0. The molecule has 15 heavy (non-hydrogen) atoms. The quantitative estimate of drug-likeness (QED) is 0.453. The Morgan fingerprint density at radius 3 is 2.53 bits per heavy atom. The Bertz CT molecular complexity index is 408. The molecule has 0 aliphatic heterocycles. The Balaban J connectivity index is 3.21. The lowest BCUT2D eigenvalue weighted by molar-refractivity contribution is 0.403. The molecule has 0 bridgehead atoms. The summed E-state index contributed by atoms with van der Waals surface area (Å²) in [5, 5.41) is 18.7. The number of phenols is 2. The third kappa shape index (κ3) is 2.84. The number of hydrogen-bond donors (Lipinski definition) is 2. The predicted octanol–water partition coefficient (Wildman–Crippen LogP) is 2.94. The van der Waals surface area contributed by atoms with Crippen LogP contribution in [0.3, 0.4) is 0 Å². The number of benzene rings is 1. The van der Waals surface area contributed by atoms with E-state index in [9.17, 15) is 10.2 Å². The van der Waals surface area contributed by atoms with Crippen molar-refractivity contribution in [3.05, 3.63) is 29.8 Å². The van der Waals surface area contributed by atoms with E-state index in [1.807, 2.05) is 6.92 Å². The van der Waals surface area contributed by atoms with Gasteiger partial charge in [0.15, 0.2) is 11.5 Å². The molecule has 0 spiro atoms. The van der Waals surface area contributed by atoms with E-state index < -0.39 is 0 Å². The maximum absolute atomic E-state index is 9.37. The minimum atomic E-state index is -0.152. The van der Waals surface area contributed by atoms with Crippen molar-refractivity contribution in [2.45, 2.75) is 20.3 Å². The average molecular weight is 205 g/mol. The minimum absolute atomic E-state index is 0.124. The smallest absolute Gasteiger partial charge is 0.159 e. The van der Waals surface area contributed by atoms with Crippen LogP contribution < -0.4 is 0 Å². The van der Waals surface area contributed by atoms with Crippen LogP contribution in [-0.4, -0.2) is 16.4 Å². The van der Waals surface area contributed by atoms with Gasteiger partial charge in [-0.05, 0) is 31.9 Å². The molecule has 0 saturated heterocycles. The number of phenolic OH excluding ortho intramolecular Hbond substituents is 2. The Labute approximate surface area is 89.4 Å². The van der Waals surface area contributed by atoms with Crippen molar-refractivity contribution in [1.82, 2.24) is 0 Å². The second-order valence-electron chi connectivity index (χ2n) is 3.49. The van der Waals surface area contributed by atoms with Gasteiger partial charge in [0.1, 0.15) is 0 Å². The lowest BCUT2D eigenvalue weighted by atomic mass is 10.0. The highest BCUT2D eigenvalue weighted by Gasteiger charge is 2.07. The van der Waals surface area contributed by atoms with Gasteiger partial charge in [0.25, 0.3) is 0 Å². The van der Waals surface area contributed by atoms with Gasteiger partial charge < -0.3 is 10.2 Å². The molecule has 3 heteroatoms. The molecule has 0 saturated carbocycles. The molecule has 0 amide bonds. The Kier molecular flexibility index (Phi) is 3.50. The highest BCUT2D eigenvalue weighted by atomic mass is 16.3. The van der Waals surface area contributed by atoms with Crippen LogP contribution >= 0.6 is 0 Å². The fourth-order valence-corrected chi connectivity index (χ4v) is 1.34. The van der Waals surface area contributed by atoms with E-state index in [0.29, 0.717) is 12.1 Å². The van der Waals surface area contributed by atoms with E-state index in [4.69, 9.17) is 0 Å². The molecule has 1 rings (SSSR count). The number of nitrogens with zero attached hydrogens (tertiary/aromatic N) is 1. The van der Waals surface area contributed by atoms with E-state index in [1.165, 1.54) is 12.1 Å². The van der Waals surface area contributed by atoms with Gasteiger partial charge in [-0.3, -0.25) is 4.99 Å². The highest BCUT2D eigenvalue weighted by molar-refractivity contribution is 5.65. The molecule has 80 valence electrons. The normalized spacial score (nSPS) is 10.8. The number of aliphatic imine (C=N–C) groups is 1. The maximum Gasteiger partial charge on any atom is 0.159 e. The van der Waals surface area contributed by atoms with Crippen molar-refractivity contribution in [2.75, 3.05) is 0 Å². The van der Waals surface area contributed by atoms with Gasteiger partial charge in [0.05, 0.1) is 5.69 Å². The van der Waals surface area contributed by atoms with Crippen LogP contribution in [0.5, 0.6) is 11.5 Å². The van der Waals surface area contributed by atoms with Gasteiger partial charge in [0.2, 0.25) is 0 Å². The van der Waals surface area contributed by atoms with E-state index >= 15 is 0 Å². The third-order valence-corrected chi connectivity index (χ3v) is 1.94. The van der Waals surface area contributed by atoms with Crippen LogP contribution in [0.1, 0.15) is 19.4 Å². The van der Waals surface area contributed by atoms with Gasteiger partial charge in [-0.15, -0.1) is 0 Å². The van der Waals surface area contributed by atoms with Crippen molar-refractivity contribution >= 4 is 11.9 Å². The summed E-state index contributed by atoms with van der Waals surface area (Å²) in [5.41, 5.74) is 2.50. The molecule has 0 aliphatic carbocycles. The molecular formula is C12H15NO2. The van der Waals surface area contributed by atoms with Gasteiger partial charge in [-0.1, -0.05) is 12.2 Å². The van der Waals surface area contributed by atoms with Crippen LogP contribution in [-0.2, 0) is 6.42 Å². The molecule has 0 radical (unpaired) electrons. The zero-order valence-electron chi connectivity index (χ0n) is 8.99. The van der Waals surface area contributed by atoms with Crippen LogP contribution in [0.2, 0.25) is 0 Å². The molecule has 2 N–H and O–H groups in total. The van der Waals surface area contributed by atoms with Crippen molar-refractivity contribution in [1.29, 1.82) is 0 Å². The molecule has 0 fully saturated rings. The van der Waals surface area contributed by atoms with Crippen molar-refractivity contribution in [3.63, 3.8) is 0 Å². The number of allylic oxidation sites excluding steroid dienone is 1. The number of rotatable bonds is 3. The van der Waals surface area contributed by atoms with Crippen molar-refractivity contribution < 1.29 is 10.2 Å². The summed E-state index contributed by atoms with van der Waals surface area (Å²) in [4.78, 5) is 4.12. The van der Waals surface area contributed by atoms with Gasteiger partial charge in [0, 0.05) is 12.3 Å². The van der Waals surface area contributed by atoms with E-state index in [-0.39, 0.29) is 11.5 Å². The zero-order valence-corrected chi connectivity index (χ0v) is 8.99. The molecule has 1 aromatic carbocycles. The molecule has 0 heterocycles. The molecule has 0 aliphatic rings. The minimum Gasteiger partial charge on any atom is -0.504 e. The Morgan fingerprint density at radius 2 is 2.00 bits per heavy atom. The first-order valence-electron chi connectivity index (χ1n) is 4.72. The van der Waals surface area contributed by atoms with E-state index in [0.717, 1.165) is 11.1 Å². The molecule has 1 aromatic rings. The molecule has 3 nitrogen and oxygen atoms in total. The summed E-state index contributed by atoms with van der Waals surface area (Å²) in [5.74, 6) is -0.276. The maximum atomic E-state index is 9.37. The first kappa shape index (κ1) is 11.3. The summed E-state index contributed by atoms with van der Waals surface area (Å²) in [6, 6.07) is 2.97. The predicted molar refractivity (Wildman–Crippen MR) is 62.1 cm³/mol. The number of aromatic hydroxyl groups is 2. The average Bonchev–Trinajstić information content (AvgIpc) is 2.13. The first-order chi connectivity index (χ1) is 7.04. The largest absolute Gasteiger partial charge is 0.504 e. The Morgan fingerprint density at radius 1 is 1.40 bits per heavy atom. The fraction of sp³-hybridized carbons (Fsp3) is 0.250. The molecule has 0 aromatic heterocycles. The third-order valence-electron chi connectivity index (χ3n) is 1.94. The summed E-state index contributed by atoms with van der Waals surface area (Å²) in [7, 11) is 0. The van der Waals surface area contributed by atoms with Crippen LogP contribution in [0.4, 0.5) is 5.69 Å². The first-order valence-corrected chi connectivity index (χ1v) is 4.72. The molecular weight excluding hydrogens is 190 g/mol. The van der Waals surface area contributed by atoms with Crippen LogP contribution in [0.15, 0.2) is 29.3 Å². The summed E-state index contributed by atoms with van der Waals surface area (Å²) in [6.07, 6.45) is 2.29. The SMILES string of the molecule is C=C(C)Cc1cc(O)c(O)cc1N=CC. The monoisotopic (exact) mass is 205 g/mol. The topological polar surface area (TPSA) is 52.8 Å². The van der Waals surface area contributed by atoms with E-state index in [1.54, 1.807) is 13.1 Å². The zero-order chi connectivity index (χ0) is 11.4.